The number of para-hydroxylation sites is 2. The molecule has 105 heavy (non-hydrogen) atoms. The van der Waals surface area contributed by atoms with E-state index in [0.29, 0.717) is 58.0 Å². The summed E-state index contributed by atoms with van der Waals surface area (Å²) in [4.78, 5) is 110. The zero-order valence-electron chi connectivity index (χ0n) is 60.6. The molecule has 7 rings (SSSR count). The summed E-state index contributed by atoms with van der Waals surface area (Å²) in [7, 11) is -8.34. The number of hydrogen-bond donors (Lipinski definition) is 9. The molecule has 570 valence electrons. The average molecular weight is 1510 g/mol. The van der Waals surface area contributed by atoms with Crippen LogP contribution in [0.25, 0.3) is 0 Å². The highest BCUT2D eigenvalue weighted by Crippen LogP contribution is 2.49. The number of amides is 4. The van der Waals surface area contributed by atoms with Gasteiger partial charge in [0.15, 0.2) is 5.78 Å². The van der Waals surface area contributed by atoms with Gasteiger partial charge in [0.25, 0.3) is 20.2 Å². The second-order valence-electron chi connectivity index (χ2n) is 28.5. The molecule has 1 aliphatic carbocycles. The highest BCUT2D eigenvalue weighted by atomic mass is 32.2. The first-order valence-electron chi connectivity index (χ1n) is 36.4. The van der Waals surface area contributed by atoms with Crippen LogP contribution in [-0.2, 0) is 77.5 Å². The van der Waals surface area contributed by atoms with E-state index in [-0.39, 0.29) is 112 Å². The van der Waals surface area contributed by atoms with Crippen LogP contribution in [0.3, 0.4) is 0 Å². The number of anilines is 2. The predicted octanol–water partition coefficient (Wildman–Crippen LogP) is 12.0. The number of thioether (sulfide) groups is 1. The molecule has 2 heterocycles. The third kappa shape index (κ3) is 26.5. The summed E-state index contributed by atoms with van der Waals surface area (Å²) < 4.78 is 66.2. The maximum atomic E-state index is 15.0. The van der Waals surface area contributed by atoms with Crippen molar-refractivity contribution in [1.29, 1.82) is 0 Å². The van der Waals surface area contributed by atoms with Gasteiger partial charge in [-0.05, 0) is 135 Å². The number of carboxylic acid groups (broad SMARTS) is 3. The smallest absolute Gasteiger partial charge is 0.327 e. The van der Waals surface area contributed by atoms with Crippen molar-refractivity contribution in [2.24, 2.45) is 5.92 Å². The Balaban J connectivity index is 1.07. The summed E-state index contributed by atoms with van der Waals surface area (Å²) in [6.07, 6.45) is 16.0. The van der Waals surface area contributed by atoms with Gasteiger partial charge in [0.05, 0.1) is 23.6 Å². The molecular formula is C79H104N6O17S3. The highest BCUT2D eigenvalue weighted by molar-refractivity contribution is 8.03. The predicted molar refractivity (Wildman–Crippen MR) is 408 cm³/mol. The first-order chi connectivity index (χ1) is 49.9. The minimum absolute atomic E-state index is 0.0463. The van der Waals surface area contributed by atoms with Crippen molar-refractivity contribution >= 4 is 90.7 Å². The SMILES string of the molecule is CC1(C)/C(=C\C=C2/CCCC(/C=C/C3N(CCCCS(=O)(=O)O)c4ccccc4C3(C)C)=C2SC[C@@H](NC(=O)[C@@H](CC(=O)[C@H](Cc2ccccc2)NC(=O)CCCCCCCCC(=O)CC[C@H](NC(=O)NCCCC(=O)O)C(=O)O)Cc2ccccc2)C(=O)O)N(CCCCS(=O)(=O)O)c2ccccc21. The minimum atomic E-state index is -4.17. The first kappa shape index (κ1) is 83.8. The molecule has 5 atom stereocenters. The van der Waals surface area contributed by atoms with E-state index in [2.05, 4.69) is 101 Å². The standard InChI is InChI=1S/C79H104N6O17S3/c1-78(2)61-34-17-19-36-66(61)84(47-21-23-49-104(97,98)99)69(78)44-40-57-31-25-32-58(41-45-70-79(3,4)62-35-18-20-37-67(62)85(70)48-22-24-50-105(100,101)102)73(57)103-54-65(76(94)95)82-74(91)59(51-55-27-11-9-12-28-55)53-68(87)64(52-56-29-13-10-14-30-56)81-71(88)38-16-8-6-5-7-15-33-60(86)42-43-63(75(92)93)83-77(96)80-46-26-39-72(89)90/h9-14,17-20,27-30,34-37,40-41,44-45,59,63-65,69H,5-8,15-16,21-26,31-33,38-39,42-43,46-54H2,1-4H3,(H,81,88)(H,82,91)(H,89,90)(H,92,93)(H,94,95)(H2,80,83,96)(H,97,98,99)(H,100,101,102)/b44-40+,58-41+,70-45+/t59-,63+,64+,65-,69?/m1/s1. The average Bonchev–Trinajstić information content (AvgIpc) is 1.60. The number of nitrogens with one attached hydrogen (secondary N) is 4. The number of carboxylic acids is 3. The molecule has 23 nitrogen and oxygen atoms in total. The maximum Gasteiger partial charge on any atom is 0.327 e. The Morgan fingerprint density at radius 3 is 1.80 bits per heavy atom. The van der Waals surface area contributed by atoms with Crippen LogP contribution in [0, 0.1) is 5.92 Å². The molecule has 4 amide bonds. The van der Waals surface area contributed by atoms with Crippen LogP contribution >= 0.6 is 11.8 Å². The monoisotopic (exact) mass is 1500 g/mol. The number of allylic oxidation sites excluding steroid dienone is 6. The third-order valence-electron chi connectivity index (χ3n) is 19.7. The fraction of sp³-hybridized carbons (Fsp3) is 0.494. The van der Waals surface area contributed by atoms with Crippen molar-refractivity contribution in [1.82, 2.24) is 21.3 Å². The van der Waals surface area contributed by atoms with Crippen LogP contribution in [-0.4, -0.2) is 150 Å². The van der Waals surface area contributed by atoms with Gasteiger partial charge in [-0.1, -0.05) is 169 Å². The summed E-state index contributed by atoms with van der Waals surface area (Å²) in [5, 5.41) is 40.0. The van der Waals surface area contributed by atoms with E-state index in [1.54, 1.807) is 0 Å². The zero-order valence-corrected chi connectivity index (χ0v) is 63.1. The van der Waals surface area contributed by atoms with E-state index in [1.165, 1.54) is 11.8 Å². The van der Waals surface area contributed by atoms with E-state index in [0.717, 1.165) is 81.1 Å². The molecule has 4 aromatic rings. The molecule has 0 radical (unpaired) electrons. The molecule has 0 spiro atoms. The number of carbonyl (C=O) groups is 8. The molecular weight excluding hydrogens is 1400 g/mol. The van der Waals surface area contributed by atoms with Crippen LogP contribution in [0.1, 0.15) is 178 Å². The summed E-state index contributed by atoms with van der Waals surface area (Å²) in [6.45, 7) is 9.62. The number of unbranched alkanes of at least 4 members (excludes halogenated alkanes) is 7. The molecule has 26 heteroatoms. The minimum Gasteiger partial charge on any atom is -0.481 e. The van der Waals surface area contributed by atoms with E-state index >= 15 is 0 Å². The Morgan fingerprint density at radius 1 is 0.590 bits per heavy atom. The van der Waals surface area contributed by atoms with Gasteiger partial charge in [-0.3, -0.25) is 33.1 Å². The summed E-state index contributed by atoms with van der Waals surface area (Å²) in [6, 6.07) is 29.7. The second-order valence-corrected chi connectivity index (χ2v) is 32.7. The Hall–Kier alpha value is -8.43. The van der Waals surface area contributed by atoms with Gasteiger partial charge >= 0.3 is 23.9 Å². The van der Waals surface area contributed by atoms with Crippen LogP contribution in [0.15, 0.2) is 155 Å². The molecule has 0 aromatic heterocycles. The number of benzene rings is 4. The van der Waals surface area contributed by atoms with Gasteiger partial charge in [-0.2, -0.15) is 16.8 Å². The van der Waals surface area contributed by atoms with Gasteiger partial charge in [-0.25, -0.2) is 14.4 Å². The van der Waals surface area contributed by atoms with E-state index in [1.807, 2.05) is 91.0 Å². The number of aliphatic carboxylic acids is 3. The zero-order chi connectivity index (χ0) is 76.3. The molecule has 1 unspecified atom stereocenters. The normalized spacial score (nSPS) is 17.4. The van der Waals surface area contributed by atoms with E-state index in [4.69, 9.17) is 5.11 Å². The maximum absolute atomic E-state index is 15.0. The lowest BCUT2D eigenvalue weighted by molar-refractivity contribution is -0.142. The van der Waals surface area contributed by atoms with Crippen LogP contribution < -0.4 is 31.1 Å². The molecule has 0 fully saturated rings. The molecule has 9 N–H and O–H groups in total. The number of Topliss-reactive ketones (excluding diaryl/α,β-unsaturated/α-hetero) is 2. The number of carbonyl (C=O) groups excluding carboxylic acids is 5. The van der Waals surface area contributed by atoms with Crippen molar-refractivity contribution in [2.75, 3.05) is 46.7 Å². The van der Waals surface area contributed by atoms with Crippen molar-refractivity contribution in [3.05, 3.63) is 178 Å². The number of hydrogen-bond acceptors (Lipinski definition) is 15. The van der Waals surface area contributed by atoms with E-state index in [9.17, 15) is 74.5 Å². The Bertz CT molecular complexity index is 4030. The Morgan fingerprint density at radius 2 is 1.17 bits per heavy atom. The summed E-state index contributed by atoms with van der Waals surface area (Å²) >= 11 is 1.32. The molecule has 0 saturated heterocycles. The molecule has 2 aliphatic heterocycles. The fourth-order valence-corrected chi connectivity index (χ4v) is 16.5. The van der Waals surface area contributed by atoms with Gasteiger partial charge in [0, 0.05) is 96.2 Å². The molecule has 3 aliphatic rings. The van der Waals surface area contributed by atoms with Crippen molar-refractivity contribution < 1.29 is 79.6 Å². The summed E-state index contributed by atoms with van der Waals surface area (Å²) in [5.41, 5.74) is 7.61. The number of urea groups is 1. The number of ketones is 2. The molecule has 4 aromatic carbocycles. The molecule has 0 bridgehead atoms. The third-order valence-corrected chi connectivity index (χ3v) is 22.6. The number of nitrogens with zero attached hydrogens (tertiary/aromatic N) is 2. The van der Waals surface area contributed by atoms with Gasteiger partial charge in [-0.15, -0.1) is 11.8 Å². The summed E-state index contributed by atoms with van der Waals surface area (Å²) in [5.74, 6) is -7.06. The topological polar surface area (TPSA) is 361 Å². The number of fused-ring (bicyclic) bond motifs is 2. The van der Waals surface area contributed by atoms with Crippen LogP contribution in [0.5, 0.6) is 0 Å². The lowest BCUT2D eigenvalue weighted by atomic mass is 9.80. The Kier molecular flexibility index (Phi) is 32.2. The second kappa shape index (κ2) is 40.3. The van der Waals surface area contributed by atoms with Crippen molar-refractivity contribution in [2.45, 2.75) is 204 Å². The highest BCUT2D eigenvalue weighted by Gasteiger charge is 2.44. The van der Waals surface area contributed by atoms with E-state index < -0.39 is 90.7 Å². The van der Waals surface area contributed by atoms with Crippen molar-refractivity contribution in [3.8, 4) is 0 Å². The van der Waals surface area contributed by atoms with Gasteiger partial charge in [0.2, 0.25) is 11.8 Å². The van der Waals surface area contributed by atoms with Crippen LogP contribution in [0.4, 0.5) is 16.2 Å². The number of rotatable bonds is 45. The van der Waals surface area contributed by atoms with Gasteiger partial charge in [0.1, 0.15) is 17.9 Å². The lowest BCUT2D eigenvalue weighted by Crippen LogP contribution is -2.48. The quantitative estimate of drug-likeness (QED) is 0.0147. The van der Waals surface area contributed by atoms with Crippen molar-refractivity contribution in [3.63, 3.8) is 0 Å². The fourth-order valence-electron chi connectivity index (χ4n) is 14.1. The Labute approximate surface area is 622 Å². The molecule has 0 saturated carbocycles. The largest absolute Gasteiger partial charge is 0.481 e. The first-order valence-corrected chi connectivity index (χ1v) is 40.6. The lowest BCUT2D eigenvalue weighted by Gasteiger charge is -2.33. The van der Waals surface area contributed by atoms with Gasteiger partial charge < -0.3 is 46.4 Å². The van der Waals surface area contributed by atoms with Crippen LogP contribution in [0.2, 0.25) is 0 Å².